The zero-order chi connectivity index (χ0) is 8.93. The van der Waals surface area contributed by atoms with E-state index in [1.54, 1.807) is 0 Å². The number of hydrogen-bond donors (Lipinski definition) is 1. The molecule has 4 atom stereocenters. The van der Waals surface area contributed by atoms with Gasteiger partial charge in [0.25, 0.3) is 0 Å². The average molecular weight is 167 g/mol. The largest absolute Gasteiger partial charge is 0.317 e. The lowest BCUT2D eigenvalue weighted by molar-refractivity contribution is -0.113. The van der Waals surface area contributed by atoms with E-state index in [1.807, 2.05) is 0 Å². The van der Waals surface area contributed by atoms with Crippen molar-refractivity contribution in [2.45, 2.75) is 39.7 Å². The Balaban J connectivity index is 2.11. The highest BCUT2D eigenvalue weighted by atomic mass is 14.9. The van der Waals surface area contributed by atoms with Crippen molar-refractivity contribution in [3.8, 4) is 0 Å². The molecule has 0 heterocycles. The van der Waals surface area contributed by atoms with Crippen LogP contribution in [0.1, 0.15) is 33.6 Å². The molecule has 3 rings (SSSR count). The van der Waals surface area contributed by atoms with E-state index in [4.69, 9.17) is 0 Å². The maximum Gasteiger partial charge on any atom is 0.00953 e. The van der Waals surface area contributed by atoms with Crippen molar-refractivity contribution in [3.05, 3.63) is 0 Å². The molecule has 0 radical (unpaired) electrons. The molecular weight excluding hydrogens is 146 g/mol. The predicted molar refractivity (Wildman–Crippen MR) is 52.0 cm³/mol. The molecule has 0 aliphatic heterocycles. The molecule has 1 nitrogen and oxygen atoms in total. The van der Waals surface area contributed by atoms with Gasteiger partial charge in [0, 0.05) is 6.04 Å². The standard InChI is InChI=1S/C11H21N/c1-7-9-5-8(11(9,2)3)6-10(7)12-4/h7-10,12H,5-6H2,1-4H3/t7?,8?,9-,10?/m0/s1. The molecule has 0 spiro atoms. The van der Waals surface area contributed by atoms with Gasteiger partial charge in [-0.2, -0.15) is 0 Å². The molecule has 1 heteroatoms. The Morgan fingerprint density at radius 2 is 1.92 bits per heavy atom. The molecule has 0 saturated heterocycles. The second-order valence-electron chi connectivity index (χ2n) is 5.35. The zero-order valence-corrected chi connectivity index (χ0v) is 8.72. The maximum absolute atomic E-state index is 3.45. The summed E-state index contributed by atoms with van der Waals surface area (Å²) in [7, 11) is 2.11. The Morgan fingerprint density at radius 1 is 1.25 bits per heavy atom. The molecule has 0 amide bonds. The van der Waals surface area contributed by atoms with Crippen LogP contribution >= 0.6 is 0 Å². The fourth-order valence-electron chi connectivity index (χ4n) is 3.53. The van der Waals surface area contributed by atoms with Crippen LogP contribution in [0.25, 0.3) is 0 Å². The minimum absolute atomic E-state index is 0.646. The van der Waals surface area contributed by atoms with Gasteiger partial charge in [0.2, 0.25) is 0 Å². The molecule has 0 aromatic rings. The summed E-state index contributed by atoms with van der Waals surface area (Å²) in [6.45, 7) is 7.32. The van der Waals surface area contributed by atoms with E-state index in [-0.39, 0.29) is 0 Å². The van der Waals surface area contributed by atoms with Gasteiger partial charge in [-0.3, -0.25) is 0 Å². The second-order valence-corrected chi connectivity index (χ2v) is 5.35. The third-order valence-corrected chi connectivity index (χ3v) is 4.72. The molecule has 70 valence electrons. The first-order valence-corrected chi connectivity index (χ1v) is 5.24. The highest BCUT2D eigenvalue weighted by molar-refractivity contribution is 5.06. The van der Waals surface area contributed by atoms with Crippen LogP contribution in [0.5, 0.6) is 0 Å². The lowest BCUT2D eigenvalue weighted by Crippen LogP contribution is -2.59. The van der Waals surface area contributed by atoms with Crippen molar-refractivity contribution in [1.29, 1.82) is 0 Å². The Hall–Kier alpha value is -0.0400. The molecule has 2 bridgehead atoms. The minimum Gasteiger partial charge on any atom is -0.317 e. The molecule has 3 aliphatic rings. The first-order chi connectivity index (χ1) is 5.57. The van der Waals surface area contributed by atoms with E-state index in [0.717, 1.165) is 23.8 Å². The highest BCUT2D eigenvalue weighted by Crippen LogP contribution is 2.61. The SMILES string of the molecule is CNC1CC2C[C@@H](C1C)C2(C)C. The summed E-state index contributed by atoms with van der Waals surface area (Å²) < 4.78 is 0. The topological polar surface area (TPSA) is 12.0 Å². The third kappa shape index (κ3) is 0.891. The van der Waals surface area contributed by atoms with E-state index in [0.29, 0.717) is 5.41 Å². The second kappa shape index (κ2) is 2.47. The summed E-state index contributed by atoms with van der Waals surface area (Å²) in [6, 6.07) is 0.793. The summed E-state index contributed by atoms with van der Waals surface area (Å²) in [5.74, 6) is 2.86. The van der Waals surface area contributed by atoms with Crippen molar-refractivity contribution >= 4 is 0 Å². The third-order valence-electron chi connectivity index (χ3n) is 4.72. The minimum atomic E-state index is 0.646. The summed E-state index contributed by atoms with van der Waals surface area (Å²) >= 11 is 0. The molecule has 3 fully saturated rings. The van der Waals surface area contributed by atoms with Gasteiger partial charge in [0.05, 0.1) is 0 Å². The number of nitrogens with one attached hydrogen (secondary N) is 1. The van der Waals surface area contributed by atoms with Crippen LogP contribution in [0, 0.1) is 23.2 Å². The Morgan fingerprint density at radius 3 is 2.33 bits per heavy atom. The van der Waals surface area contributed by atoms with Crippen molar-refractivity contribution in [2.24, 2.45) is 23.2 Å². The fourth-order valence-corrected chi connectivity index (χ4v) is 3.53. The smallest absolute Gasteiger partial charge is 0.00953 e. The molecule has 3 saturated carbocycles. The van der Waals surface area contributed by atoms with Crippen molar-refractivity contribution in [2.75, 3.05) is 7.05 Å². The van der Waals surface area contributed by atoms with Gasteiger partial charge in [-0.15, -0.1) is 0 Å². The molecule has 0 aromatic carbocycles. The quantitative estimate of drug-likeness (QED) is 0.632. The Bertz CT molecular complexity index is 185. The first-order valence-electron chi connectivity index (χ1n) is 5.24. The molecule has 3 unspecified atom stereocenters. The van der Waals surface area contributed by atoms with Crippen LogP contribution in [0.4, 0.5) is 0 Å². The van der Waals surface area contributed by atoms with E-state index in [9.17, 15) is 0 Å². The zero-order valence-electron chi connectivity index (χ0n) is 8.72. The highest BCUT2D eigenvalue weighted by Gasteiger charge is 2.55. The van der Waals surface area contributed by atoms with E-state index >= 15 is 0 Å². The molecule has 1 N–H and O–H groups in total. The summed E-state index contributed by atoms with van der Waals surface area (Å²) in [6.07, 6.45) is 2.90. The molecular formula is C11H21N. The summed E-state index contributed by atoms with van der Waals surface area (Å²) in [4.78, 5) is 0. The first kappa shape index (κ1) is 8.55. The van der Waals surface area contributed by atoms with Gasteiger partial charge in [0.15, 0.2) is 0 Å². The van der Waals surface area contributed by atoms with Crippen molar-refractivity contribution in [1.82, 2.24) is 5.32 Å². The van der Waals surface area contributed by atoms with Crippen molar-refractivity contribution < 1.29 is 0 Å². The van der Waals surface area contributed by atoms with Crippen LogP contribution in [0.3, 0.4) is 0 Å². The lowest BCUT2D eigenvalue weighted by atomic mass is 9.45. The number of fused-ring (bicyclic) bond motifs is 2. The normalized spacial score (nSPS) is 50.0. The molecule has 12 heavy (non-hydrogen) atoms. The van der Waals surface area contributed by atoms with Crippen molar-refractivity contribution in [3.63, 3.8) is 0 Å². The van der Waals surface area contributed by atoms with Gasteiger partial charge in [-0.05, 0) is 43.1 Å². The monoisotopic (exact) mass is 167 g/mol. The van der Waals surface area contributed by atoms with Gasteiger partial charge in [-0.25, -0.2) is 0 Å². The average Bonchev–Trinajstić information content (AvgIpc) is 2.03. The van der Waals surface area contributed by atoms with Gasteiger partial charge < -0.3 is 5.32 Å². The number of hydrogen-bond acceptors (Lipinski definition) is 1. The predicted octanol–water partition coefficient (Wildman–Crippen LogP) is 2.28. The van der Waals surface area contributed by atoms with Gasteiger partial charge >= 0.3 is 0 Å². The summed E-state index contributed by atoms with van der Waals surface area (Å²) in [5.41, 5.74) is 0.646. The van der Waals surface area contributed by atoms with E-state index in [1.165, 1.54) is 12.8 Å². The van der Waals surface area contributed by atoms with E-state index < -0.39 is 0 Å². The van der Waals surface area contributed by atoms with Crippen LogP contribution in [-0.2, 0) is 0 Å². The maximum atomic E-state index is 3.45. The van der Waals surface area contributed by atoms with Gasteiger partial charge in [0.1, 0.15) is 0 Å². The molecule has 0 aromatic heterocycles. The van der Waals surface area contributed by atoms with Crippen LogP contribution in [0.15, 0.2) is 0 Å². The lowest BCUT2D eigenvalue weighted by Gasteiger charge is -2.62. The van der Waals surface area contributed by atoms with Gasteiger partial charge in [-0.1, -0.05) is 20.8 Å². The number of rotatable bonds is 1. The summed E-state index contributed by atoms with van der Waals surface area (Å²) in [5, 5.41) is 3.45. The van der Waals surface area contributed by atoms with E-state index in [2.05, 4.69) is 33.1 Å². The Kier molecular flexibility index (Phi) is 1.76. The molecule has 3 aliphatic carbocycles. The fraction of sp³-hybridized carbons (Fsp3) is 1.00. The van der Waals surface area contributed by atoms with Crippen LogP contribution in [-0.4, -0.2) is 13.1 Å². The van der Waals surface area contributed by atoms with Crippen LogP contribution < -0.4 is 5.32 Å². The van der Waals surface area contributed by atoms with Crippen LogP contribution in [0.2, 0.25) is 0 Å². The Labute approximate surface area is 75.9 Å².